The summed E-state index contributed by atoms with van der Waals surface area (Å²) in [7, 11) is 0. The topological polar surface area (TPSA) is 307 Å². The highest BCUT2D eigenvalue weighted by Crippen LogP contribution is 2.33. The number of hydrogen-bond donors (Lipinski definition) is 12. The number of aliphatic hydroxyl groups excluding tert-OH is 11. The molecular weight excluding hydrogens is 1090 g/mol. The highest BCUT2D eigenvalue weighted by atomic mass is 16.8. The van der Waals surface area contributed by atoms with Gasteiger partial charge in [0.1, 0.15) is 73.2 Å². The van der Waals surface area contributed by atoms with Crippen molar-refractivity contribution < 1.29 is 89.4 Å². The Morgan fingerprint density at radius 2 is 0.753 bits per heavy atom. The van der Waals surface area contributed by atoms with E-state index >= 15 is 0 Å². The van der Waals surface area contributed by atoms with E-state index in [-0.39, 0.29) is 18.9 Å². The molecule has 3 aliphatic rings. The third-order valence-corrected chi connectivity index (χ3v) is 16.6. The van der Waals surface area contributed by atoms with Crippen LogP contribution in [0.15, 0.2) is 48.6 Å². The van der Waals surface area contributed by atoms with Crippen molar-refractivity contribution in [1.82, 2.24) is 5.32 Å². The van der Waals surface area contributed by atoms with E-state index in [1.54, 1.807) is 6.08 Å². The van der Waals surface area contributed by atoms with Gasteiger partial charge < -0.3 is 89.9 Å². The van der Waals surface area contributed by atoms with Crippen LogP contribution in [0.25, 0.3) is 0 Å². The second kappa shape index (κ2) is 48.6. The molecule has 0 aliphatic carbocycles. The molecule has 12 N–H and O–H groups in total. The van der Waals surface area contributed by atoms with Gasteiger partial charge >= 0.3 is 0 Å². The summed E-state index contributed by atoms with van der Waals surface area (Å²) in [6.07, 6.45) is 29.5. The summed E-state index contributed by atoms with van der Waals surface area (Å²) in [4.78, 5) is 13.4. The van der Waals surface area contributed by atoms with Gasteiger partial charge in [-0.25, -0.2) is 0 Å². The molecule has 1 amide bonds. The van der Waals surface area contributed by atoms with Gasteiger partial charge in [0.15, 0.2) is 18.9 Å². The number of aliphatic hydroxyl groups is 11. The lowest BCUT2D eigenvalue weighted by Gasteiger charge is -2.48. The molecule has 3 fully saturated rings. The molecule has 3 heterocycles. The first-order chi connectivity index (χ1) is 41.3. The van der Waals surface area contributed by atoms with E-state index in [1.807, 2.05) is 6.08 Å². The summed E-state index contributed by atoms with van der Waals surface area (Å²) in [6, 6.07) is -1.00. The van der Waals surface area contributed by atoms with Crippen molar-refractivity contribution >= 4 is 5.91 Å². The summed E-state index contributed by atoms with van der Waals surface area (Å²) in [6.45, 7) is 1.70. The highest BCUT2D eigenvalue weighted by Gasteiger charge is 2.53. The summed E-state index contributed by atoms with van der Waals surface area (Å²) < 4.78 is 34.3. The van der Waals surface area contributed by atoms with Gasteiger partial charge in [-0.05, 0) is 70.6 Å². The van der Waals surface area contributed by atoms with Crippen LogP contribution < -0.4 is 5.32 Å². The van der Waals surface area contributed by atoms with Crippen molar-refractivity contribution in [2.75, 3.05) is 26.4 Å². The third kappa shape index (κ3) is 31.4. The van der Waals surface area contributed by atoms with E-state index in [0.717, 1.165) is 64.2 Å². The number of unbranched alkanes of at least 4 members (excludes halogenated alkanes) is 28. The number of hydrogen-bond acceptors (Lipinski definition) is 18. The van der Waals surface area contributed by atoms with E-state index < -0.39 is 124 Å². The maximum Gasteiger partial charge on any atom is 0.220 e. The minimum absolute atomic E-state index is 0.221. The van der Waals surface area contributed by atoms with Crippen molar-refractivity contribution in [2.24, 2.45) is 0 Å². The molecule has 0 aromatic carbocycles. The zero-order valence-electron chi connectivity index (χ0n) is 52.1. The predicted molar refractivity (Wildman–Crippen MR) is 328 cm³/mol. The van der Waals surface area contributed by atoms with Crippen LogP contribution in [0.5, 0.6) is 0 Å². The lowest BCUT2D eigenvalue weighted by Crippen LogP contribution is -2.66. The van der Waals surface area contributed by atoms with Crippen molar-refractivity contribution in [3.8, 4) is 0 Å². The largest absolute Gasteiger partial charge is 0.394 e. The Morgan fingerprint density at radius 1 is 0.412 bits per heavy atom. The van der Waals surface area contributed by atoms with Gasteiger partial charge in [-0.1, -0.05) is 204 Å². The number of amides is 1. The Balaban J connectivity index is 1.48. The Labute approximate surface area is 510 Å². The summed E-state index contributed by atoms with van der Waals surface area (Å²) in [5.74, 6) is -0.298. The van der Waals surface area contributed by atoms with E-state index in [1.165, 1.54) is 135 Å². The van der Waals surface area contributed by atoms with Gasteiger partial charge in [0.05, 0.1) is 38.6 Å². The fourth-order valence-corrected chi connectivity index (χ4v) is 11.1. The average Bonchev–Trinajstić information content (AvgIpc) is 3.49. The Hall–Kier alpha value is -2.25. The van der Waals surface area contributed by atoms with Crippen LogP contribution >= 0.6 is 0 Å². The number of ether oxygens (including phenoxy) is 6. The molecule has 0 bridgehead atoms. The van der Waals surface area contributed by atoms with Crippen molar-refractivity contribution in [3.05, 3.63) is 48.6 Å². The second-order valence-corrected chi connectivity index (χ2v) is 23.9. The minimum atomic E-state index is -1.98. The maximum atomic E-state index is 13.4. The van der Waals surface area contributed by atoms with Crippen LogP contribution in [-0.4, -0.2) is 193 Å². The highest BCUT2D eigenvalue weighted by molar-refractivity contribution is 5.76. The van der Waals surface area contributed by atoms with E-state index in [4.69, 9.17) is 28.4 Å². The number of nitrogens with one attached hydrogen (secondary N) is 1. The van der Waals surface area contributed by atoms with Crippen LogP contribution in [0.2, 0.25) is 0 Å². The van der Waals surface area contributed by atoms with Crippen LogP contribution in [0, 0.1) is 0 Å². The number of rotatable bonds is 50. The third-order valence-electron chi connectivity index (χ3n) is 16.6. The molecule has 85 heavy (non-hydrogen) atoms. The first-order valence-corrected chi connectivity index (χ1v) is 33.4. The van der Waals surface area contributed by atoms with Crippen LogP contribution in [0.1, 0.15) is 232 Å². The van der Waals surface area contributed by atoms with Crippen molar-refractivity contribution in [2.45, 2.75) is 336 Å². The molecular formula is C66H119NO18. The zero-order valence-corrected chi connectivity index (χ0v) is 52.1. The van der Waals surface area contributed by atoms with Gasteiger partial charge in [-0.2, -0.15) is 0 Å². The van der Waals surface area contributed by atoms with Gasteiger partial charge in [0, 0.05) is 6.42 Å². The predicted octanol–water partition coefficient (Wildman–Crippen LogP) is 7.83. The Bertz CT molecular complexity index is 1740. The lowest BCUT2D eigenvalue weighted by atomic mass is 9.96. The van der Waals surface area contributed by atoms with Gasteiger partial charge in [0.25, 0.3) is 0 Å². The molecule has 19 nitrogen and oxygen atoms in total. The van der Waals surface area contributed by atoms with Crippen molar-refractivity contribution in [1.29, 1.82) is 0 Å². The van der Waals surface area contributed by atoms with Crippen LogP contribution in [0.3, 0.4) is 0 Å². The average molecular weight is 1210 g/mol. The lowest BCUT2D eigenvalue weighted by molar-refractivity contribution is -0.379. The quantitative estimate of drug-likeness (QED) is 0.0204. The van der Waals surface area contributed by atoms with Crippen LogP contribution in [0.4, 0.5) is 0 Å². The molecule has 0 spiro atoms. The molecule has 0 aromatic heterocycles. The van der Waals surface area contributed by atoms with E-state index in [0.29, 0.717) is 12.8 Å². The fourth-order valence-electron chi connectivity index (χ4n) is 11.1. The molecule has 17 atom stereocenters. The molecule has 0 aromatic rings. The molecule has 19 heteroatoms. The molecule has 0 radical (unpaired) electrons. The Kier molecular flexibility index (Phi) is 44.0. The number of carbonyl (C=O) groups excluding carboxylic acids is 1. The first kappa shape index (κ1) is 77.0. The number of allylic oxidation sites excluding steroid dienone is 7. The standard InChI is InChI=1S/C66H119NO18/c1-3-5-7-9-11-13-15-17-19-21-22-23-24-25-26-27-28-29-31-33-35-37-39-41-43-50(71)49(67-54(72)44-42-40-38-36-34-32-30-20-18-16-14-12-10-8-6-4-2)48-80-64-60(78)57(75)62(52(46-69)82-64)85-66-61(79)58(76)63(53(47-70)83-66)84-65-59(77)56(74)55(73)51(45-68)81-65/h20,27-28,30,33,35,41,43,49-53,55-66,68-71,73-79H,3-19,21-26,29,31-32,34,36-40,42,44-48H2,1-2H3,(H,67,72)/b28-27+,30-20-,35-33+,43-41+. The molecule has 0 saturated carbocycles. The van der Waals surface area contributed by atoms with Gasteiger partial charge in [-0.3, -0.25) is 4.79 Å². The molecule has 17 unspecified atom stereocenters. The molecule has 3 saturated heterocycles. The monoisotopic (exact) mass is 1210 g/mol. The summed E-state index contributed by atoms with van der Waals surface area (Å²) in [5, 5.41) is 120. The second-order valence-electron chi connectivity index (χ2n) is 23.9. The maximum absolute atomic E-state index is 13.4. The molecule has 3 rings (SSSR count). The number of carbonyl (C=O) groups is 1. The van der Waals surface area contributed by atoms with Crippen molar-refractivity contribution in [3.63, 3.8) is 0 Å². The molecule has 3 aliphatic heterocycles. The van der Waals surface area contributed by atoms with Crippen LogP contribution in [-0.2, 0) is 33.2 Å². The smallest absolute Gasteiger partial charge is 0.220 e. The SMILES string of the molecule is CCCCCCCCC/C=C\CCCCCCCC(=O)NC(COC1OC(CO)C(OC2OC(CO)C(OC3OC(CO)C(O)C(O)C3O)C(O)C2O)C(O)C1O)C(O)/C=C/CC/C=C/CC/C=C/CCCCCCCCCCCCCCCC. The fraction of sp³-hybridized carbons (Fsp3) is 0.864. The molecule has 496 valence electrons. The van der Waals surface area contributed by atoms with E-state index in [9.17, 15) is 61.0 Å². The van der Waals surface area contributed by atoms with E-state index in [2.05, 4.69) is 55.6 Å². The summed E-state index contributed by atoms with van der Waals surface area (Å²) >= 11 is 0. The zero-order chi connectivity index (χ0) is 61.9. The minimum Gasteiger partial charge on any atom is -0.394 e. The van der Waals surface area contributed by atoms with Gasteiger partial charge in [-0.15, -0.1) is 0 Å². The summed E-state index contributed by atoms with van der Waals surface area (Å²) in [5.41, 5.74) is 0. The van der Waals surface area contributed by atoms with Gasteiger partial charge in [0.2, 0.25) is 5.91 Å². The first-order valence-electron chi connectivity index (χ1n) is 33.4. The Morgan fingerprint density at radius 3 is 1.18 bits per heavy atom. The normalized spacial score (nSPS) is 29.3.